The molecule has 0 unspecified atom stereocenters. The summed E-state index contributed by atoms with van der Waals surface area (Å²) in [6.45, 7) is 9.47. The van der Waals surface area contributed by atoms with Gasteiger partial charge in [0.05, 0.1) is 10.4 Å². The molecule has 1 aliphatic rings. The number of amides is 1. The minimum atomic E-state index is -0.504. The maximum atomic E-state index is 12.2. The lowest BCUT2D eigenvalue weighted by Crippen LogP contribution is -2.50. The van der Waals surface area contributed by atoms with Gasteiger partial charge in [-0.1, -0.05) is 15.9 Å². The van der Waals surface area contributed by atoms with Crippen LogP contribution in [0.2, 0.25) is 0 Å². The summed E-state index contributed by atoms with van der Waals surface area (Å²) in [4.78, 5) is 31.3. The fourth-order valence-corrected chi connectivity index (χ4v) is 3.65. The Kier molecular flexibility index (Phi) is 6.77. The number of nitro groups is 1. The monoisotopic (exact) mass is 479 g/mol. The molecule has 0 radical (unpaired) electrons. The standard InChI is InChI=1S/C20H26BrN5O4/c1-20(2,3)30-19(27)25-10-8-24(9-11-25)7-6-22-18-15-5-4-14(21)12-16(15)23-13-17(18)26(28)29/h4-5,12-13H,6-11H2,1-3H3,(H,22,23). The van der Waals surface area contributed by atoms with Gasteiger partial charge in [-0.15, -0.1) is 0 Å². The van der Waals surface area contributed by atoms with Gasteiger partial charge in [0, 0.05) is 49.1 Å². The molecule has 2 aromatic rings. The lowest BCUT2D eigenvalue weighted by molar-refractivity contribution is -0.384. The number of benzene rings is 1. The first-order valence-corrected chi connectivity index (χ1v) is 10.6. The van der Waals surface area contributed by atoms with Crippen molar-refractivity contribution in [1.29, 1.82) is 0 Å². The van der Waals surface area contributed by atoms with Crippen molar-refractivity contribution in [3.8, 4) is 0 Å². The molecule has 1 N–H and O–H groups in total. The zero-order chi connectivity index (χ0) is 21.9. The molecule has 1 saturated heterocycles. The van der Waals surface area contributed by atoms with Gasteiger partial charge in [0.15, 0.2) is 0 Å². The van der Waals surface area contributed by atoms with E-state index in [-0.39, 0.29) is 11.8 Å². The van der Waals surface area contributed by atoms with Crippen molar-refractivity contribution in [1.82, 2.24) is 14.8 Å². The molecule has 2 heterocycles. The minimum absolute atomic E-state index is 0.0421. The number of pyridine rings is 1. The Morgan fingerprint density at radius 3 is 2.63 bits per heavy atom. The molecule has 0 bridgehead atoms. The number of hydrogen-bond acceptors (Lipinski definition) is 7. The molecule has 3 rings (SSSR count). The number of hydrogen-bond donors (Lipinski definition) is 1. The molecule has 0 spiro atoms. The Balaban J connectivity index is 1.58. The number of carbonyl (C=O) groups is 1. The molecule has 10 heteroatoms. The number of nitrogens with zero attached hydrogens (tertiary/aromatic N) is 4. The Hall–Kier alpha value is -2.46. The zero-order valence-corrected chi connectivity index (χ0v) is 18.9. The third-order valence-electron chi connectivity index (χ3n) is 4.76. The summed E-state index contributed by atoms with van der Waals surface area (Å²) >= 11 is 3.40. The van der Waals surface area contributed by atoms with Crippen LogP contribution < -0.4 is 5.32 Å². The molecule has 0 atom stereocenters. The molecule has 9 nitrogen and oxygen atoms in total. The zero-order valence-electron chi connectivity index (χ0n) is 17.4. The van der Waals surface area contributed by atoms with Gasteiger partial charge in [0.25, 0.3) is 0 Å². The van der Waals surface area contributed by atoms with Crippen molar-refractivity contribution in [3.05, 3.63) is 39.0 Å². The van der Waals surface area contributed by atoms with Gasteiger partial charge in [0.1, 0.15) is 17.5 Å². The van der Waals surface area contributed by atoms with Gasteiger partial charge in [-0.05, 0) is 39.0 Å². The second-order valence-electron chi connectivity index (χ2n) is 8.17. The van der Waals surface area contributed by atoms with Gasteiger partial charge < -0.3 is 15.0 Å². The minimum Gasteiger partial charge on any atom is -0.444 e. The highest BCUT2D eigenvalue weighted by molar-refractivity contribution is 9.10. The summed E-state index contributed by atoms with van der Waals surface area (Å²) in [6, 6.07) is 5.50. The van der Waals surface area contributed by atoms with Crippen molar-refractivity contribution in [2.24, 2.45) is 0 Å². The number of fused-ring (bicyclic) bond motifs is 1. The summed E-state index contributed by atoms with van der Waals surface area (Å²) in [7, 11) is 0. The highest BCUT2D eigenvalue weighted by Crippen LogP contribution is 2.32. The summed E-state index contributed by atoms with van der Waals surface area (Å²) in [6.07, 6.45) is 1.00. The topological polar surface area (TPSA) is 101 Å². The highest BCUT2D eigenvalue weighted by atomic mass is 79.9. The second-order valence-corrected chi connectivity index (χ2v) is 9.09. The maximum absolute atomic E-state index is 12.2. The van der Waals surface area contributed by atoms with Crippen LogP contribution in [-0.4, -0.2) is 70.7 Å². The molecular formula is C20H26BrN5O4. The molecule has 0 saturated carbocycles. The van der Waals surface area contributed by atoms with Crippen LogP contribution in [0, 0.1) is 10.1 Å². The third kappa shape index (κ3) is 5.57. The molecule has 1 aliphatic heterocycles. The van der Waals surface area contributed by atoms with Crippen LogP contribution in [-0.2, 0) is 4.74 Å². The Labute approximate surface area is 183 Å². The maximum Gasteiger partial charge on any atom is 0.410 e. The predicted molar refractivity (Wildman–Crippen MR) is 119 cm³/mol. The van der Waals surface area contributed by atoms with E-state index < -0.39 is 10.5 Å². The fraction of sp³-hybridized carbons (Fsp3) is 0.500. The smallest absolute Gasteiger partial charge is 0.410 e. The first-order chi connectivity index (χ1) is 14.1. The summed E-state index contributed by atoms with van der Waals surface area (Å²) < 4.78 is 6.29. The Bertz CT molecular complexity index is 939. The van der Waals surface area contributed by atoms with E-state index in [2.05, 4.69) is 31.1 Å². The first-order valence-electron chi connectivity index (χ1n) is 9.81. The molecule has 0 aliphatic carbocycles. The third-order valence-corrected chi connectivity index (χ3v) is 5.25. The van der Waals surface area contributed by atoms with Crippen LogP contribution in [0.15, 0.2) is 28.9 Å². The van der Waals surface area contributed by atoms with E-state index in [4.69, 9.17) is 4.74 Å². The lowest BCUT2D eigenvalue weighted by atomic mass is 10.1. The Morgan fingerprint density at radius 1 is 1.30 bits per heavy atom. The second kappa shape index (κ2) is 9.13. The molecule has 30 heavy (non-hydrogen) atoms. The molecule has 1 aromatic carbocycles. The molecule has 1 fully saturated rings. The van der Waals surface area contributed by atoms with Crippen LogP contribution in [0.4, 0.5) is 16.2 Å². The van der Waals surface area contributed by atoms with E-state index in [1.165, 1.54) is 6.20 Å². The molecule has 1 amide bonds. The largest absolute Gasteiger partial charge is 0.444 e. The number of anilines is 1. The number of aromatic nitrogens is 1. The van der Waals surface area contributed by atoms with Crippen molar-refractivity contribution >= 4 is 44.3 Å². The van der Waals surface area contributed by atoms with E-state index in [1.54, 1.807) is 4.90 Å². The predicted octanol–water partition coefficient (Wildman–Crippen LogP) is 3.87. The highest BCUT2D eigenvalue weighted by Gasteiger charge is 2.26. The molecular weight excluding hydrogens is 454 g/mol. The van der Waals surface area contributed by atoms with Crippen LogP contribution in [0.1, 0.15) is 20.8 Å². The van der Waals surface area contributed by atoms with Gasteiger partial charge >= 0.3 is 11.8 Å². The van der Waals surface area contributed by atoms with E-state index in [0.29, 0.717) is 42.8 Å². The number of ether oxygens (including phenoxy) is 1. The van der Waals surface area contributed by atoms with Gasteiger partial charge in [-0.25, -0.2) is 9.78 Å². The van der Waals surface area contributed by atoms with Crippen molar-refractivity contribution in [3.63, 3.8) is 0 Å². The van der Waals surface area contributed by atoms with Gasteiger partial charge in [-0.3, -0.25) is 15.0 Å². The van der Waals surface area contributed by atoms with Crippen molar-refractivity contribution in [2.75, 3.05) is 44.6 Å². The van der Waals surface area contributed by atoms with Gasteiger partial charge in [0.2, 0.25) is 0 Å². The summed E-state index contributed by atoms with van der Waals surface area (Å²) in [5.41, 5.74) is 0.614. The van der Waals surface area contributed by atoms with Crippen LogP contribution in [0.5, 0.6) is 0 Å². The summed E-state index contributed by atoms with van der Waals surface area (Å²) in [5, 5.41) is 15.4. The van der Waals surface area contributed by atoms with E-state index in [0.717, 1.165) is 17.6 Å². The normalized spacial score (nSPS) is 15.3. The number of nitrogens with one attached hydrogen (secondary N) is 1. The van der Waals surface area contributed by atoms with Crippen LogP contribution >= 0.6 is 15.9 Å². The van der Waals surface area contributed by atoms with Crippen LogP contribution in [0.3, 0.4) is 0 Å². The van der Waals surface area contributed by atoms with E-state index in [1.807, 2.05) is 39.0 Å². The van der Waals surface area contributed by atoms with E-state index >= 15 is 0 Å². The van der Waals surface area contributed by atoms with Crippen molar-refractivity contribution < 1.29 is 14.5 Å². The number of rotatable bonds is 5. The first kappa shape index (κ1) is 22.2. The number of halogens is 1. The summed E-state index contributed by atoms with van der Waals surface area (Å²) in [5.74, 6) is 0. The molecule has 162 valence electrons. The fourth-order valence-electron chi connectivity index (χ4n) is 3.30. The average Bonchev–Trinajstić information content (AvgIpc) is 2.66. The Morgan fingerprint density at radius 2 is 2.00 bits per heavy atom. The van der Waals surface area contributed by atoms with Crippen LogP contribution in [0.25, 0.3) is 10.9 Å². The SMILES string of the molecule is CC(C)(C)OC(=O)N1CCN(CCNc2c([N+](=O)[O-])cnc3cc(Br)ccc23)CC1. The average molecular weight is 480 g/mol. The number of piperazine rings is 1. The number of carbonyl (C=O) groups excluding carboxylic acids is 1. The molecule has 1 aromatic heterocycles. The lowest BCUT2D eigenvalue weighted by Gasteiger charge is -2.35. The quantitative estimate of drug-likeness (QED) is 0.512. The van der Waals surface area contributed by atoms with Gasteiger partial charge in [-0.2, -0.15) is 0 Å². The van der Waals surface area contributed by atoms with Crippen molar-refractivity contribution in [2.45, 2.75) is 26.4 Å². The van der Waals surface area contributed by atoms with E-state index in [9.17, 15) is 14.9 Å².